The second-order valence-electron chi connectivity index (χ2n) is 9.96. The number of nitrogens with zero attached hydrogens (tertiary/aromatic N) is 4. The number of carbonyl (C=O) groups is 1. The summed E-state index contributed by atoms with van der Waals surface area (Å²) in [7, 11) is -3.62. The number of benzene rings is 1. The standard InChI is InChI=1S/C25H34N4O4S/c1-19-9-11-20(12-10-19)34(31,32)29-14-6-8-22(29)21-7-5-13-26-23(21)27-15-17-28(18-16-27)24(30)33-25(2,3)4/h5,7,9-13,22H,6,8,14-18H2,1-4H3/t22-/m1/s1. The maximum atomic E-state index is 13.5. The first kappa shape index (κ1) is 24.5. The molecule has 1 aromatic heterocycles. The van der Waals surface area contributed by atoms with Gasteiger partial charge in [-0.2, -0.15) is 4.31 Å². The van der Waals surface area contributed by atoms with Gasteiger partial charge in [-0.25, -0.2) is 18.2 Å². The van der Waals surface area contributed by atoms with Crippen molar-refractivity contribution in [3.05, 3.63) is 53.7 Å². The minimum absolute atomic E-state index is 0.265. The molecule has 2 aliphatic rings. The number of carbonyl (C=O) groups excluding carboxylic acids is 1. The Hall–Kier alpha value is -2.65. The van der Waals surface area contributed by atoms with Gasteiger partial charge in [0.2, 0.25) is 10.0 Å². The molecule has 9 heteroatoms. The van der Waals surface area contributed by atoms with Crippen LogP contribution < -0.4 is 4.90 Å². The Labute approximate surface area is 202 Å². The molecule has 2 aromatic rings. The highest BCUT2D eigenvalue weighted by Crippen LogP contribution is 2.40. The van der Waals surface area contributed by atoms with E-state index < -0.39 is 15.6 Å². The third kappa shape index (κ3) is 5.20. The Morgan fingerprint density at radius 3 is 2.35 bits per heavy atom. The van der Waals surface area contributed by atoms with Crippen molar-refractivity contribution in [2.45, 2.75) is 57.1 Å². The summed E-state index contributed by atoms with van der Waals surface area (Å²) in [4.78, 5) is 21.3. The summed E-state index contributed by atoms with van der Waals surface area (Å²) < 4.78 is 34.1. The van der Waals surface area contributed by atoms with Gasteiger partial charge in [0, 0.05) is 44.5 Å². The highest BCUT2D eigenvalue weighted by Gasteiger charge is 2.38. The van der Waals surface area contributed by atoms with E-state index in [1.165, 1.54) is 0 Å². The summed E-state index contributed by atoms with van der Waals surface area (Å²) in [6.45, 7) is 10.3. The molecule has 0 radical (unpaired) electrons. The minimum atomic E-state index is -3.62. The number of rotatable bonds is 4. The van der Waals surface area contributed by atoms with Gasteiger partial charge in [0.1, 0.15) is 11.4 Å². The maximum absolute atomic E-state index is 13.5. The second-order valence-corrected chi connectivity index (χ2v) is 11.8. The molecule has 0 N–H and O–H groups in total. The lowest BCUT2D eigenvalue weighted by Crippen LogP contribution is -2.50. The van der Waals surface area contributed by atoms with E-state index in [2.05, 4.69) is 9.88 Å². The van der Waals surface area contributed by atoms with Crippen LogP contribution in [0.1, 0.15) is 50.8 Å². The van der Waals surface area contributed by atoms with E-state index in [1.807, 2.05) is 52.0 Å². The number of piperazine rings is 1. The third-order valence-corrected chi connectivity index (χ3v) is 8.16. The molecule has 2 aliphatic heterocycles. The van der Waals surface area contributed by atoms with Gasteiger partial charge in [-0.15, -0.1) is 0 Å². The topological polar surface area (TPSA) is 83.1 Å². The van der Waals surface area contributed by atoms with Gasteiger partial charge in [0.05, 0.1) is 10.9 Å². The van der Waals surface area contributed by atoms with E-state index in [1.54, 1.807) is 27.5 Å². The SMILES string of the molecule is Cc1ccc(S(=O)(=O)N2CCC[C@@H]2c2cccnc2N2CCN(C(=O)OC(C)(C)C)CC2)cc1. The van der Waals surface area contributed by atoms with Crippen LogP contribution in [-0.2, 0) is 14.8 Å². The summed E-state index contributed by atoms with van der Waals surface area (Å²) in [5.41, 5.74) is 1.41. The van der Waals surface area contributed by atoms with Crippen molar-refractivity contribution in [2.24, 2.45) is 0 Å². The molecule has 34 heavy (non-hydrogen) atoms. The fraction of sp³-hybridized carbons (Fsp3) is 0.520. The van der Waals surface area contributed by atoms with Crippen molar-refractivity contribution in [2.75, 3.05) is 37.6 Å². The molecule has 0 aliphatic carbocycles. The summed E-state index contributed by atoms with van der Waals surface area (Å²) in [6, 6.07) is 10.6. The Balaban J connectivity index is 1.53. The number of aromatic nitrogens is 1. The van der Waals surface area contributed by atoms with Crippen LogP contribution in [0.4, 0.5) is 10.6 Å². The Bertz CT molecular complexity index is 1120. The van der Waals surface area contributed by atoms with Gasteiger partial charge in [-0.05, 0) is 58.7 Å². The van der Waals surface area contributed by atoms with E-state index in [4.69, 9.17) is 4.74 Å². The Morgan fingerprint density at radius 2 is 1.71 bits per heavy atom. The normalized spacial score (nSPS) is 19.9. The monoisotopic (exact) mass is 486 g/mol. The van der Waals surface area contributed by atoms with E-state index >= 15 is 0 Å². The minimum Gasteiger partial charge on any atom is -0.444 e. The number of hydrogen-bond acceptors (Lipinski definition) is 6. The first-order valence-electron chi connectivity index (χ1n) is 11.8. The lowest BCUT2D eigenvalue weighted by Gasteiger charge is -2.37. The van der Waals surface area contributed by atoms with Crippen LogP contribution in [0, 0.1) is 6.92 Å². The van der Waals surface area contributed by atoms with Crippen molar-refractivity contribution < 1.29 is 17.9 Å². The second kappa shape index (κ2) is 9.54. The summed E-state index contributed by atoms with van der Waals surface area (Å²) in [5.74, 6) is 0.794. The molecule has 2 fully saturated rings. The average molecular weight is 487 g/mol. The fourth-order valence-corrected chi connectivity index (χ4v) is 6.22. The average Bonchev–Trinajstić information content (AvgIpc) is 3.29. The van der Waals surface area contributed by atoms with Gasteiger partial charge in [0.25, 0.3) is 0 Å². The molecule has 0 saturated carbocycles. The van der Waals surface area contributed by atoms with Crippen molar-refractivity contribution in [1.29, 1.82) is 0 Å². The van der Waals surface area contributed by atoms with Gasteiger partial charge in [-0.1, -0.05) is 23.8 Å². The summed E-state index contributed by atoms with van der Waals surface area (Å²) in [6.07, 6.45) is 2.99. The predicted molar refractivity (Wildman–Crippen MR) is 131 cm³/mol. The van der Waals surface area contributed by atoms with Gasteiger partial charge >= 0.3 is 6.09 Å². The molecule has 3 heterocycles. The highest BCUT2D eigenvalue weighted by atomic mass is 32.2. The molecule has 2 saturated heterocycles. The maximum Gasteiger partial charge on any atom is 0.410 e. The lowest BCUT2D eigenvalue weighted by atomic mass is 10.1. The van der Waals surface area contributed by atoms with Crippen molar-refractivity contribution >= 4 is 21.9 Å². The number of pyridine rings is 1. The molecule has 1 aromatic carbocycles. The van der Waals surface area contributed by atoms with Crippen LogP contribution in [0.3, 0.4) is 0 Å². The summed E-state index contributed by atoms with van der Waals surface area (Å²) in [5, 5.41) is 0. The van der Waals surface area contributed by atoms with Crippen molar-refractivity contribution in [3.8, 4) is 0 Å². The molecule has 0 bridgehead atoms. The third-order valence-electron chi connectivity index (χ3n) is 6.24. The van der Waals surface area contributed by atoms with Crippen molar-refractivity contribution in [3.63, 3.8) is 0 Å². The zero-order valence-corrected chi connectivity index (χ0v) is 21.2. The first-order chi connectivity index (χ1) is 16.1. The van der Waals surface area contributed by atoms with Crippen LogP contribution in [0.5, 0.6) is 0 Å². The molecular weight excluding hydrogens is 452 g/mol. The van der Waals surface area contributed by atoms with Gasteiger partial charge in [0.15, 0.2) is 0 Å². The fourth-order valence-electron chi connectivity index (χ4n) is 4.55. The van der Waals surface area contributed by atoms with Crippen LogP contribution in [0.2, 0.25) is 0 Å². The van der Waals surface area contributed by atoms with E-state index in [0.717, 1.165) is 29.8 Å². The molecule has 1 amide bonds. The van der Waals surface area contributed by atoms with Crippen LogP contribution in [0.15, 0.2) is 47.5 Å². The number of ether oxygens (including phenoxy) is 1. The van der Waals surface area contributed by atoms with Crippen LogP contribution >= 0.6 is 0 Å². The molecule has 4 rings (SSSR count). The predicted octanol–water partition coefficient (Wildman–Crippen LogP) is 3.97. The van der Waals surface area contributed by atoms with Crippen LogP contribution in [-0.4, -0.2) is 67.0 Å². The molecule has 8 nitrogen and oxygen atoms in total. The zero-order chi connectivity index (χ0) is 24.5. The molecule has 0 unspecified atom stereocenters. The van der Waals surface area contributed by atoms with Gasteiger partial charge < -0.3 is 14.5 Å². The number of hydrogen-bond donors (Lipinski definition) is 0. The smallest absolute Gasteiger partial charge is 0.410 e. The number of amides is 1. The molecule has 184 valence electrons. The van der Waals surface area contributed by atoms with E-state index in [0.29, 0.717) is 37.6 Å². The Morgan fingerprint density at radius 1 is 1.03 bits per heavy atom. The Kier molecular flexibility index (Phi) is 6.87. The van der Waals surface area contributed by atoms with E-state index in [-0.39, 0.29) is 12.1 Å². The molecule has 0 spiro atoms. The molecule has 1 atom stereocenters. The summed E-state index contributed by atoms with van der Waals surface area (Å²) >= 11 is 0. The van der Waals surface area contributed by atoms with Crippen LogP contribution in [0.25, 0.3) is 0 Å². The van der Waals surface area contributed by atoms with Gasteiger partial charge in [-0.3, -0.25) is 0 Å². The number of anilines is 1. The quantitative estimate of drug-likeness (QED) is 0.650. The lowest BCUT2D eigenvalue weighted by molar-refractivity contribution is 0.0240. The highest BCUT2D eigenvalue weighted by molar-refractivity contribution is 7.89. The van der Waals surface area contributed by atoms with Crippen molar-refractivity contribution in [1.82, 2.24) is 14.2 Å². The molecular formula is C25H34N4O4S. The largest absolute Gasteiger partial charge is 0.444 e. The first-order valence-corrected chi connectivity index (χ1v) is 13.3. The number of sulfonamides is 1. The van der Waals surface area contributed by atoms with E-state index in [9.17, 15) is 13.2 Å². The zero-order valence-electron chi connectivity index (χ0n) is 20.4. The number of aryl methyl sites for hydroxylation is 1.